The average molecular weight is 360 g/mol. The highest BCUT2D eigenvalue weighted by atomic mass is 32.2. The number of ether oxygens (including phenoxy) is 1. The SMILES string of the molecule is CN1CCN(S(=O)(=O)N2CCN(C(=O)C3CCOCC3)CC2)CC1. The van der Waals surface area contributed by atoms with Crippen LogP contribution in [-0.4, -0.2) is 105 Å². The van der Waals surface area contributed by atoms with Crippen LogP contribution in [0.1, 0.15) is 12.8 Å². The predicted octanol–water partition coefficient (Wildman–Crippen LogP) is -0.951. The largest absolute Gasteiger partial charge is 0.381 e. The molecule has 0 N–H and O–H groups in total. The summed E-state index contributed by atoms with van der Waals surface area (Å²) in [5.41, 5.74) is 0. The number of piperazine rings is 2. The van der Waals surface area contributed by atoms with E-state index in [0.29, 0.717) is 52.5 Å². The molecular weight excluding hydrogens is 332 g/mol. The third-order valence-corrected chi connectivity index (χ3v) is 7.27. The van der Waals surface area contributed by atoms with E-state index in [2.05, 4.69) is 4.90 Å². The number of likely N-dealkylation sites (N-methyl/N-ethyl adjacent to an activating group) is 1. The number of carbonyl (C=O) groups excluding carboxylic acids is 1. The second-order valence-corrected chi connectivity index (χ2v) is 8.75. The summed E-state index contributed by atoms with van der Waals surface area (Å²) in [4.78, 5) is 16.5. The van der Waals surface area contributed by atoms with Crippen molar-refractivity contribution >= 4 is 16.1 Å². The molecule has 3 rings (SSSR count). The molecule has 3 aliphatic rings. The highest BCUT2D eigenvalue weighted by molar-refractivity contribution is 7.86. The number of amides is 1. The van der Waals surface area contributed by atoms with Gasteiger partial charge in [0.2, 0.25) is 5.91 Å². The molecule has 24 heavy (non-hydrogen) atoms. The van der Waals surface area contributed by atoms with Gasteiger partial charge in [0.05, 0.1) is 0 Å². The number of hydrogen-bond donors (Lipinski definition) is 0. The van der Waals surface area contributed by atoms with E-state index in [0.717, 1.165) is 25.9 Å². The first-order valence-electron chi connectivity index (χ1n) is 8.79. The van der Waals surface area contributed by atoms with E-state index in [1.165, 1.54) is 4.31 Å². The van der Waals surface area contributed by atoms with Gasteiger partial charge >= 0.3 is 0 Å². The molecule has 8 nitrogen and oxygen atoms in total. The van der Waals surface area contributed by atoms with E-state index in [4.69, 9.17) is 4.74 Å². The summed E-state index contributed by atoms with van der Waals surface area (Å²) in [5.74, 6) is 0.203. The molecule has 9 heteroatoms. The summed E-state index contributed by atoms with van der Waals surface area (Å²) in [5, 5.41) is 0. The zero-order chi connectivity index (χ0) is 17.2. The summed E-state index contributed by atoms with van der Waals surface area (Å²) in [6.45, 7) is 5.67. The maximum atomic E-state index is 12.7. The van der Waals surface area contributed by atoms with Crippen molar-refractivity contribution in [2.24, 2.45) is 5.92 Å². The van der Waals surface area contributed by atoms with Crippen LogP contribution in [0.5, 0.6) is 0 Å². The predicted molar refractivity (Wildman–Crippen MR) is 89.7 cm³/mol. The molecule has 0 aromatic carbocycles. The van der Waals surface area contributed by atoms with E-state index < -0.39 is 10.2 Å². The Morgan fingerprint density at radius 1 is 0.875 bits per heavy atom. The zero-order valence-electron chi connectivity index (χ0n) is 14.4. The Bertz CT molecular complexity index is 534. The lowest BCUT2D eigenvalue weighted by molar-refractivity contribution is -0.139. The van der Waals surface area contributed by atoms with Gasteiger partial charge in [0, 0.05) is 71.5 Å². The number of hydrogen-bond acceptors (Lipinski definition) is 5. The van der Waals surface area contributed by atoms with Gasteiger partial charge in [-0.15, -0.1) is 0 Å². The second kappa shape index (κ2) is 7.65. The van der Waals surface area contributed by atoms with Gasteiger partial charge < -0.3 is 14.5 Å². The number of carbonyl (C=O) groups is 1. The lowest BCUT2D eigenvalue weighted by Gasteiger charge is -2.40. The highest BCUT2D eigenvalue weighted by Gasteiger charge is 2.36. The minimum absolute atomic E-state index is 0.0412. The second-order valence-electron chi connectivity index (χ2n) is 6.82. The van der Waals surface area contributed by atoms with Crippen molar-refractivity contribution in [3.8, 4) is 0 Å². The summed E-state index contributed by atoms with van der Waals surface area (Å²) in [6.07, 6.45) is 1.55. The van der Waals surface area contributed by atoms with E-state index in [1.807, 2.05) is 11.9 Å². The Labute approximate surface area is 144 Å². The molecule has 0 radical (unpaired) electrons. The van der Waals surface area contributed by atoms with Crippen LogP contribution in [0, 0.1) is 5.92 Å². The Balaban J connectivity index is 1.53. The van der Waals surface area contributed by atoms with Crippen LogP contribution in [0.2, 0.25) is 0 Å². The Morgan fingerprint density at radius 3 is 1.92 bits per heavy atom. The smallest absolute Gasteiger partial charge is 0.282 e. The van der Waals surface area contributed by atoms with Gasteiger partial charge in [0.25, 0.3) is 10.2 Å². The molecule has 138 valence electrons. The summed E-state index contributed by atoms with van der Waals surface area (Å²) in [6, 6.07) is 0. The van der Waals surface area contributed by atoms with Gasteiger partial charge in [-0.2, -0.15) is 17.0 Å². The van der Waals surface area contributed by atoms with Crippen molar-refractivity contribution in [2.45, 2.75) is 12.8 Å². The van der Waals surface area contributed by atoms with Crippen molar-refractivity contribution in [1.82, 2.24) is 18.4 Å². The number of rotatable bonds is 3. The molecule has 3 saturated heterocycles. The van der Waals surface area contributed by atoms with Crippen molar-refractivity contribution in [1.29, 1.82) is 0 Å². The number of nitrogens with zero attached hydrogens (tertiary/aromatic N) is 4. The Kier molecular flexibility index (Phi) is 5.76. The minimum atomic E-state index is -3.40. The monoisotopic (exact) mass is 360 g/mol. The van der Waals surface area contributed by atoms with Gasteiger partial charge in [0.1, 0.15) is 0 Å². The van der Waals surface area contributed by atoms with Crippen molar-refractivity contribution in [3.63, 3.8) is 0 Å². The van der Waals surface area contributed by atoms with Crippen LogP contribution in [0.3, 0.4) is 0 Å². The maximum absolute atomic E-state index is 12.7. The molecule has 3 aliphatic heterocycles. The van der Waals surface area contributed by atoms with Crippen molar-refractivity contribution in [3.05, 3.63) is 0 Å². The third kappa shape index (κ3) is 3.91. The third-order valence-electron chi connectivity index (χ3n) is 5.24. The fourth-order valence-corrected chi connectivity index (χ4v) is 5.10. The molecule has 0 unspecified atom stereocenters. The van der Waals surface area contributed by atoms with Crippen LogP contribution in [0.25, 0.3) is 0 Å². The van der Waals surface area contributed by atoms with Crippen LogP contribution in [0.4, 0.5) is 0 Å². The van der Waals surface area contributed by atoms with E-state index >= 15 is 0 Å². The van der Waals surface area contributed by atoms with E-state index in [1.54, 1.807) is 4.31 Å². The molecule has 0 spiro atoms. The maximum Gasteiger partial charge on any atom is 0.282 e. The first-order valence-corrected chi connectivity index (χ1v) is 10.2. The van der Waals surface area contributed by atoms with Crippen LogP contribution in [-0.2, 0) is 19.7 Å². The molecule has 0 saturated carbocycles. The summed E-state index contributed by atoms with van der Waals surface area (Å²) >= 11 is 0. The quantitative estimate of drug-likeness (QED) is 0.649. The van der Waals surface area contributed by atoms with E-state index in [9.17, 15) is 13.2 Å². The van der Waals surface area contributed by atoms with Gasteiger partial charge in [-0.3, -0.25) is 4.79 Å². The molecular formula is C15H28N4O4S. The molecule has 0 aliphatic carbocycles. The van der Waals surface area contributed by atoms with Crippen LogP contribution >= 0.6 is 0 Å². The molecule has 0 atom stereocenters. The first kappa shape index (κ1) is 18.1. The normalized spacial score (nSPS) is 26.6. The van der Waals surface area contributed by atoms with Crippen molar-refractivity contribution in [2.75, 3.05) is 72.6 Å². The Morgan fingerprint density at radius 2 is 1.38 bits per heavy atom. The standard InChI is InChI=1S/C15H28N4O4S/c1-16-4-8-18(9-5-16)24(21,22)19-10-6-17(7-11-19)15(20)14-2-12-23-13-3-14/h14H,2-13H2,1H3. The Hall–Kier alpha value is -0.740. The molecule has 3 heterocycles. The van der Waals surface area contributed by atoms with Gasteiger partial charge in [-0.25, -0.2) is 0 Å². The lowest BCUT2D eigenvalue weighted by atomic mass is 9.98. The molecule has 3 fully saturated rings. The minimum Gasteiger partial charge on any atom is -0.381 e. The summed E-state index contributed by atoms with van der Waals surface area (Å²) < 4.78 is 33.9. The van der Waals surface area contributed by atoms with Gasteiger partial charge in [0.15, 0.2) is 0 Å². The van der Waals surface area contributed by atoms with Gasteiger partial charge in [-0.05, 0) is 19.9 Å². The van der Waals surface area contributed by atoms with Crippen LogP contribution < -0.4 is 0 Å². The zero-order valence-corrected chi connectivity index (χ0v) is 15.2. The highest BCUT2D eigenvalue weighted by Crippen LogP contribution is 2.20. The van der Waals surface area contributed by atoms with Crippen molar-refractivity contribution < 1.29 is 17.9 Å². The van der Waals surface area contributed by atoms with E-state index in [-0.39, 0.29) is 11.8 Å². The molecule has 1 amide bonds. The first-order chi connectivity index (χ1) is 11.5. The summed E-state index contributed by atoms with van der Waals surface area (Å²) in [7, 11) is -1.40. The van der Waals surface area contributed by atoms with Gasteiger partial charge in [-0.1, -0.05) is 0 Å². The average Bonchev–Trinajstić information content (AvgIpc) is 2.62. The fourth-order valence-electron chi connectivity index (χ4n) is 3.52. The molecule has 0 aromatic heterocycles. The lowest BCUT2D eigenvalue weighted by Crippen LogP contribution is -2.57. The topological polar surface area (TPSA) is 73.4 Å². The van der Waals surface area contributed by atoms with Crippen LogP contribution in [0.15, 0.2) is 0 Å². The molecule has 0 aromatic rings. The fraction of sp³-hybridized carbons (Fsp3) is 0.933. The molecule has 0 bridgehead atoms.